The predicted molar refractivity (Wildman–Crippen MR) is 58.0 cm³/mol. The lowest BCUT2D eigenvalue weighted by molar-refractivity contribution is -0.137. The molecule has 86 valence electrons. The predicted octanol–water partition coefficient (Wildman–Crippen LogP) is 4.58. The Kier molecular flexibility index (Phi) is 2.78. The van der Waals surface area contributed by atoms with Crippen LogP contribution in [0.4, 0.5) is 13.2 Å². The minimum atomic E-state index is -4.24. The first-order valence-corrected chi connectivity index (χ1v) is 5.36. The third-order valence-corrected chi connectivity index (χ3v) is 2.94. The van der Waals surface area contributed by atoms with E-state index in [1.165, 1.54) is 17.7 Å². The van der Waals surface area contributed by atoms with Crippen molar-refractivity contribution < 1.29 is 13.2 Å². The molecule has 16 heavy (non-hydrogen) atoms. The van der Waals surface area contributed by atoms with Crippen molar-refractivity contribution >= 4 is 5.57 Å². The van der Waals surface area contributed by atoms with Gasteiger partial charge in [-0.15, -0.1) is 0 Å². The number of aryl methyl sites for hydroxylation is 1. The summed E-state index contributed by atoms with van der Waals surface area (Å²) >= 11 is 0. The van der Waals surface area contributed by atoms with Crippen LogP contribution in [0.5, 0.6) is 0 Å². The maximum atomic E-state index is 12.5. The molecular weight excluding hydrogens is 213 g/mol. The van der Waals surface area contributed by atoms with E-state index in [9.17, 15) is 13.2 Å². The van der Waals surface area contributed by atoms with E-state index < -0.39 is 11.7 Å². The highest BCUT2D eigenvalue weighted by molar-refractivity contribution is 5.69. The van der Waals surface area contributed by atoms with Crippen LogP contribution >= 0.6 is 0 Å². The number of halogens is 3. The van der Waals surface area contributed by atoms with Gasteiger partial charge in [0.2, 0.25) is 0 Å². The fourth-order valence-corrected chi connectivity index (χ4v) is 2.12. The Morgan fingerprint density at radius 3 is 2.44 bits per heavy atom. The van der Waals surface area contributed by atoms with E-state index in [1.54, 1.807) is 13.0 Å². The highest BCUT2D eigenvalue weighted by Crippen LogP contribution is 2.34. The lowest BCUT2D eigenvalue weighted by Crippen LogP contribution is -2.05. The van der Waals surface area contributed by atoms with Crippen molar-refractivity contribution in [2.45, 2.75) is 32.4 Å². The number of rotatable bonds is 1. The molecule has 0 nitrogen and oxygen atoms in total. The Morgan fingerprint density at radius 2 is 1.94 bits per heavy atom. The zero-order chi connectivity index (χ0) is 11.8. The molecule has 0 spiro atoms. The summed E-state index contributed by atoms with van der Waals surface area (Å²) in [6.07, 6.45) is 1.00. The molecule has 0 unspecified atom stereocenters. The van der Waals surface area contributed by atoms with E-state index in [0.717, 1.165) is 24.8 Å². The molecule has 0 radical (unpaired) electrons. The first-order valence-electron chi connectivity index (χ1n) is 5.36. The molecule has 1 aromatic carbocycles. The summed E-state index contributed by atoms with van der Waals surface area (Å²) in [6, 6.07) is 3.99. The van der Waals surface area contributed by atoms with Gasteiger partial charge in [-0.05, 0) is 55.0 Å². The van der Waals surface area contributed by atoms with Gasteiger partial charge in [-0.2, -0.15) is 13.2 Å². The average molecular weight is 226 g/mol. The molecular formula is C13H13F3. The van der Waals surface area contributed by atoms with Gasteiger partial charge in [0.25, 0.3) is 0 Å². The topological polar surface area (TPSA) is 0 Å². The van der Waals surface area contributed by atoms with E-state index in [-0.39, 0.29) is 0 Å². The molecule has 0 aliphatic heterocycles. The molecule has 0 bridgehead atoms. The molecule has 1 aromatic rings. The van der Waals surface area contributed by atoms with E-state index in [1.807, 2.05) is 0 Å². The molecule has 0 saturated heterocycles. The molecule has 0 amide bonds. The van der Waals surface area contributed by atoms with Crippen LogP contribution in [-0.2, 0) is 6.18 Å². The molecule has 3 heteroatoms. The molecule has 0 N–H and O–H groups in total. The fraction of sp³-hybridized carbons (Fsp3) is 0.385. The van der Waals surface area contributed by atoms with Crippen molar-refractivity contribution in [3.05, 3.63) is 41.0 Å². The zero-order valence-corrected chi connectivity index (χ0v) is 9.06. The first-order chi connectivity index (χ1) is 7.48. The number of hydrogen-bond donors (Lipinski definition) is 0. The van der Waals surface area contributed by atoms with E-state index in [0.29, 0.717) is 5.56 Å². The summed E-state index contributed by atoms with van der Waals surface area (Å²) in [7, 11) is 0. The van der Waals surface area contributed by atoms with Gasteiger partial charge in [-0.25, -0.2) is 0 Å². The van der Waals surface area contributed by atoms with Crippen molar-refractivity contribution in [1.82, 2.24) is 0 Å². The third-order valence-electron chi connectivity index (χ3n) is 2.94. The Balaban J connectivity index is 2.37. The van der Waals surface area contributed by atoms with Crippen molar-refractivity contribution in [3.8, 4) is 0 Å². The number of hydrogen-bond acceptors (Lipinski definition) is 0. The van der Waals surface area contributed by atoms with Gasteiger partial charge in [0.05, 0.1) is 5.56 Å². The number of benzene rings is 1. The summed E-state index contributed by atoms with van der Waals surface area (Å²) in [6.45, 7) is 1.74. The van der Waals surface area contributed by atoms with Crippen LogP contribution in [0.3, 0.4) is 0 Å². The Morgan fingerprint density at radius 1 is 1.19 bits per heavy atom. The van der Waals surface area contributed by atoms with E-state index >= 15 is 0 Å². The van der Waals surface area contributed by atoms with Gasteiger partial charge in [-0.1, -0.05) is 12.1 Å². The van der Waals surface area contributed by atoms with Gasteiger partial charge < -0.3 is 0 Å². The smallest absolute Gasteiger partial charge is 0.166 e. The average Bonchev–Trinajstić information content (AvgIpc) is 2.69. The maximum absolute atomic E-state index is 12.5. The van der Waals surface area contributed by atoms with Crippen LogP contribution in [0.15, 0.2) is 24.3 Å². The highest BCUT2D eigenvalue weighted by atomic mass is 19.4. The lowest BCUT2D eigenvalue weighted by Gasteiger charge is -2.11. The Bertz CT molecular complexity index is 427. The summed E-state index contributed by atoms with van der Waals surface area (Å²) in [5.41, 5.74) is 2.30. The normalized spacial score (nSPS) is 16.4. The summed E-state index contributed by atoms with van der Waals surface area (Å²) < 4.78 is 37.4. The Hall–Kier alpha value is -1.25. The molecule has 1 aliphatic carbocycles. The summed E-state index contributed by atoms with van der Waals surface area (Å²) in [4.78, 5) is 0. The van der Waals surface area contributed by atoms with Crippen LogP contribution in [0.25, 0.3) is 5.57 Å². The highest BCUT2D eigenvalue weighted by Gasteiger charge is 2.30. The van der Waals surface area contributed by atoms with Crippen LogP contribution in [0.1, 0.15) is 36.0 Å². The molecule has 2 rings (SSSR count). The van der Waals surface area contributed by atoms with E-state index in [4.69, 9.17) is 0 Å². The van der Waals surface area contributed by atoms with Crippen molar-refractivity contribution in [3.63, 3.8) is 0 Å². The fourth-order valence-electron chi connectivity index (χ4n) is 2.12. The van der Waals surface area contributed by atoms with Crippen LogP contribution in [0.2, 0.25) is 0 Å². The quantitative estimate of drug-likeness (QED) is 0.657. The molecule has 0 atom stereocenters. The summed E-state index contributed by atoms with van der Waals surface area (Å²) in [5, 5.41) is 0. The largest absolute Gasteiger partial charge is 0.416 e. The molecule has 1 aliphatic rings. The van der Waals surface area contributed by atoms with Crippen molar-refractivity contribution in [1.29, 1.82) is 0 Å². The lowest BCUT2D eigenvalue weighted by atomic mass is 9.98. The second kappa shape index (κ2) is 3.96. The number of alkyl halides is 3. The van der Waals surface area contributed by atoms with Gasteiger partial charge >= 0.3 is 6.18 Å². The van der Waals surface area contributed by atoms with Crippen molar-refractivity contribution in [2.24, 2.45) is 0 Å². The minimum absolute atomic E-state index is 0.563. The second-order valence-electron chi connectivity index (χ2n) is 4.15. The summed E-state index contributed by atoms with van der Waals surface area (Å²) in [5.74, 6) is 0. The standard InChI is InChI=1S/C13H13F3/c1-9-8-11(13(14,15)16)6-7-12(9)10-4-2-3-5-10/h4,6-8H,2-3,5H2,1H3. The second-order valence-corrected chi connectivity index (χ2v) is 4.15. The first kappa shape index (κ1) is 11.2. The zero-order valence-electron chi connectivity index (χ0n) is 9.06. The van der Waals surface area contributed by atoms with Crippen LogP contribution in [-0.4, -0.2) is 0 Å². The SMILES string of the molecule is Cc1cc(C(F)(F)F)ccc1C1=CCCC1. The van der Waals surface area contributed by atoms with Gasteiger partial charge in [0, 0.05) is 0 Å². The molecule has 0 fully saturated rings. The number of allylic oxidation sites excluding steroid dienone is 2. The Labute approximate surface area is 92.8 Å². The monoisotopic (exact) mass is 226 g/mol. The molecule has 0 aromatic heterocycles. The van der Waals surface area contributed by atoms with Gasteiger partial charge in [0.15, 0.2) is 0 Å². The van der Waals surface area contributed by atoms with Gasteiger partial charge in [-0.3, -0.25) is 0 Å². The van der Waals surface area contributed by atoms with Gasteiger partial charge in [0.1, 0.15) is 0 Å². The van der Waals surface area contributed by atoms with E-state index in [2.05, 4.69) is 6.08 Å². The minimum Gasteiger partial charge on any atom is -0.166 e. The van der Waals surface area contributed by atoms with Crippen molar-refractivity contribution in [2.75, 3.05) is 0 Å². The molecule has 0 heterocycles. The molecule has 0 saturated carbocycles. The van der Waals surface area contributed by atoms with Crippen LogP contribution in [0, 0.1) is 6.92 Å². The van der Waals surface area contributed by atoms with Crippen LogP contribution < -0.4 is 0 Å². The maximum Gasteiger partial charge on any atom is 0.416 e. The third kappa shape index (κ3) is 2.13.